The molecule has 1 atom stereocenters. The zero-order valence-corrected chi connectivity index (χ0v) is 8.09. The fourth-order valence-corrected chi connectivity index (χ4v) is 1.05. The molecule has 0 N–H and O–H groups in total. The van der Waals surface area contributed by atoms with E-state index >= 15 is 0 Å². The lowest BCUT2D eigenvalue weighted by Gasteiger charge is -1.97. The minimum Gasteiger partial charge on any atom is -0.264 e. The molecule has 1 rings (SSSR count). The van der Waals surface area contributed by atoms with Gasteiger partial charge in [-0.25, -0.2) is 0 Å². The Kier molecular flexibility index (Phi) is 3.85. The maximum atomic E-state index is 10.3. The van der Waals surface area contributed by atoms with Gasteiger partial charge in [-0.2, -0.15) is 0 Å². The highest BCUT2D eigenvalue weighted by atomic mass is 16.6. The van der Waals surface area contributed by atoms with Gasteiger partial charge in [0.1, 0.15) is 0 Å². The molecule has 0 aliphatic rings. The molecule has 1 unspecified atom stereocenters. The van der Waals surface area contributed by atoms with E-state index in [1.165, 1.54) is 0 Å². The Morgan fingerprint density at radius 1 is 1.43 bits per heavy atom. The molecule has 0 aliphatic carbocycles. The number of hydrogen-bond acceptors (Lipinski definition) is 2. The van der Waals surface area contributed by atoms with Crippen LogP contribution in [0.2, 0.25) is 0 Å². The Morgan fingerprint density at radius 3 is 2.64 bits per heavy atom. The molecule has 0 radical (unpaired) electrons. The van der Waals surface area contributed by atoms with Crippen LogP contribution in [-0.4, -0.2) is 11.0 Å². The molecule has 0 aromatic heterocycles. The monoisotopic (exact) mass is 191 g/mol. The predicted molar refractivity (Wildman–Crippen MR) is 56.5 cm³/mol. The zero-order chi connectivity index (χ0) is 10.4. The van der Waals surface area contributed by atoms with Gasteiger partial charge in [-0.1, -0.05) is 42.5 Å². The van der Waals surface area contributed by atoms with Gasteiger partial charge < -0.3 is 0 Å². The summed E-state index contributed by atoms with van der Waals surface area (Å²) in [5.74, 6) is 0. The van der Waals surface area contributed by atoms with Crippen molar-refractivity contribution in [3.05, 3.63) is 52.1 Å². The van der Waals surface area contributed by atoms with Crippen molar-refractivity contribution in [2.75, 3.05) is 0 Å². The van der Waals surface area contributed by atoms with Gasteiger partial charge in [0.05, 0.1) is 0 Å². The largest absolute Gasteiger partial charge is 0.264 e. The summed E-state index contributed by atoms with van der Waals surface area (Å²) in [7, 11) is 0. The van der Waals surface area contributed by atoms with E-state index < -0.39 is 6.04 Å². The molecule has 3 heteroatoms. The predicted octanol–water partition coefficient (Wildman–Crippen LogP) is 2.76. The molecule has 0 heterocycles. The summed E-state index contributed by atoms with van der Waals surface area (Å²) < 4.78 is 0. The second kappa shape index (κ2) is 5.17. The minimum atomic E-state index is -0.505. The first-order valence-corrected chi connectivity index (χ1v) is 4.55. The highest BCUT2D eigenvalue weighted by molar-refractivity contribution is 5.48. The lowest BCUT2D eigenvalue weighted by Crippen LogP contribution is -2.13. The maximum Gasteiger partial charge on any atom is 0.213 e. The average molecular weight is 191 g/mol. The summed E-state index contributed by atoms with van der Waals surface area (Å²) >= 11 is 0. The highest BCUT2D eigenvalue weighted by Crippen LogP contribution is 2.04. The maximum absolute atomic E-state index is 10.3. The van der Waals surface area contributed by atoms with Crippen LogP contribution in [0.4, 0.5) is 0 Å². The summed E-state index contributed by atoms with van der Waals surface area (Å²) in [5, 5.41) is 10.3. The van der Waals surface area contributed by atoms with Gasteiger partial charge in [0.2, 0.25) is 6.04 Å². The number of nitrogens with zero attached hydrogens (tertiary/aromatic N) is 1. The van der Waals surface area contributed by atoms with Crippen molar-refractivity contribution in [3.63, 3.8) is 0 Å². The van der Waals surface area contributed by atoms with Gasteiger partial charge in [-0.15, -0.1) is 0 Å². The van der Waals surface area contributed by atoms with E-state index in [1.807, 2.05) is 42.5 Å². The molecule has 0 aliphatic heterocycles. The first kappa shape index (κ1) is 10.4. The van der Waals surface area contributed by atoms with Gasteiger partial charge in [-0.3, -0.25) is 10.1 Å². The summed E-state index contributed by atoms with van der Waals surface area (Å²) in [5.41, 5.74) is 1.07. The van der Waals surface area contributed by atoms with Gasteiger partial charge in [0.15, 0.2) is 0 Å². The second-order valence-corrected chi connectivity index (χ2v) is 3.18. The summed E-state index contributed by atoms with van der Waals surface area (Å²) in [6.07, 6.45) is 4.21. The smallest absolute Gasteiger partial charge is 0.213 e. The number of hydrogen-bond donors (Lipinski definition) is 0. The molecule has 0 bridgehead atoms. The molecule has 3 nitrogen and oxygen atoms in total. The molecule has 0 saturated heterocycles. The summed E-state index contributed by atoms with van der Waals surface area (Å²) in [6.45, 7) is 1.61. The van der Waals surface area contributed by atoms with Crippen molar-refractivity contribution in [2.24, 2.45) is 0 Å². The zero-order valence-electron chi connectivity index (χ0n) is 8.09. The standard InChI is InChI=1S/C11H13NO2/c1-10(12(13)14)6-5-9-11-7-3-2-4-8-11/h2-5,7-10H,6H2,1H3/b9-5+. The first-order chi connectivity index (χ1) is 6.70. The van der Waals surface area contributed by atoms with Crippen LogP contribution < -0.4 is 0 Å². The number of nitro groups is 1. The Labute approximate surface area is 83.2 Å². The third kappa shape index (κ3) is 3.39. The van der Waals surface area contributed by atoms with Gasteiger partial charge in [0, 0.05) is 18.3 Å². The van der Waals surface area contributed by atoms with Crippen LogP contribution in [0.3, 0.4) is 0 Å². The molecular weight excluding hydrogens is 178 g/mol. The van der Waals surface area contributed by atoms with Crippen molar-refractivity contribution < 1.29 is 4.92 Å². The van der Waals surface area contributed by atoms with Crippen LogP contribution in [-0.2, 0) is 0 Å². The normalized spacial score (nSPS) is 12.9. The van der Waals surface area contributed by atoms with Crippen molar-refractivity contribution in [3.8, 4) is 0 Å². The molecule has 14 heavy (non-hydrogen) atoms. The third-order valence-corrected chi connectivity index (χ3v) is 1.95. The summed E-state index contributed by atoms with van der Waals surface area (Å²) in [6, 6.07) is 9.25. The third-order valence-electron chi connectivity index (χ3n) is 1.95. The van der Waals surface area contributed by atoms with E-state index in [1.54, 1.807) is 6.92 Å². The lowest BCUT2D eigenvalue weighted by molar-refractivity contribution is -0.517. The van der Waals surface area contributed by atoms with E-state index in [0.717, 1.165) is 5.56 Å². The minimum absolute atomic E-state index is 0.269. The molecule has 0 saturated carbocycles. The van der Waals surface area contributed by atoms with Crippen LogP contribution in [0.15, 0.2) is 36.4 Å². The van der Waals surface area contributed by atoms with Crippen LogP contribution in [0.5, 0.6) is 0 Å². The van der Waals surface area contributed by atoms with Crippen molar-refractivity contribution in [1.29, 1.82) is 0 Å². The van der Waals surface area contributed by atoms with Crippen LogP contribution in [0.25, 0.3) is 6.08 Å². The molecule has 0 amide bonds. The van der Waals surface area contributed by atoms with Crippen molar-refractivity contribution >= 4 is 6.08 Å². The topological polar surface area (TPSA) is 43.1 Å². The van der Waals surface area contributed by atoms with E-state index in [-0.39, 0.29) is 4.92 Å². The summed E-state index contributed by atoms with van der Waals surface area (Å²) in [4.78, 5) is 10.0. The van der Waals surface area contributed by atoms with E-state index in [9.17, 15) is 10.1 Å². The molecule has 0 spiro atoms. The van der Waals surface area contributed by atoms with Crippen LogP contribution >= 0.6 is 0 Å². The molecule has 1 aromatic carbocycles. The fraction of sp³-hybridized carbons (Fsp3) is 0.273. The van der Waals surface area contributed by atoms with E-state index in [4.69, 9.17) is 0 Å². The Bertz CT molecular complexity index is 319. The van der Waals surface area contributed by atoms with E-state index in [0.29, 0.717) is 6.42 Å². The molecule has 0 fully saturated rings. The molecule has 1 aromatic rings. The quantitative estimate of drug-likeness (QED) is 0.542. The first-order valence-electron chi connectivity index (χ1n) is 4.55. The van der Waals surface area contributed by atoms with E-state index in [2.05, 4.69) is 0 Å². The second-order valence-electron chi connectivity index (χ2n) is 3.18. The van der Waals surface area contributed by atoms with Crippen LogP contribution in [0, 0.1) is 10.1 Å². The number of benzene rings is 1. The molecular formula is C11H13NO2. The van der Waals surface area contributed by atoms with Crippen molar-refractivity contribution in [1.82, 2.24) is 0 Å². The number of rotatable bonds is 4. The van der Waals surface area contributed by atoms with Gasteiger partial charge >= 0.3 is 0 Å². The fourth-order valence-electron chi connectivity index (χ4n) is 1.05. The molecule has 74 valence electrons. The van der Waals surface area contributed by atoms with Gasteiger partial charge in [-0.05, 0) is 5.56 Å². The Balaban J connectivity index is 2.46. The van der Waals surface area contributed by atoms with Gasteiger partial charge in [0.25, 0.3) is 0 Å². The SMILES string of the molecule is CC(C/C=C/c1ccccc1)[N+](=O)[O-]. The van der Waals surface area contributed by atoms with Crippen LogP contribution in [0.1, 0.15) is 18.9 Å². The lowest BCUT2D eigenvalue weighted by atomic mass is 10.1. The Morgan fingerprint density at radius 2 is 2.07 bits per heavy atom. The van der Waals surface area contributed by atoms with Crippen molar-refractivity contribution in [2.45, 2.75) is 19.4 Å². The Hall–Kier alpha value is -1.64. The highest BCUT2D eigenvalue weighted by Gasteiger charge is 2.08. The average Bonchev–Trinajstić information content (AvgIpc) is 2.19.